The minimum Gasteiger partial charge on any atom is -0.339 e. The summed E-state index contributed by atoms with van der Waals surface area (Å²) in [4.78, 5) is 19.6. The number of hydrogen-bond acceptors (Lipinski definition) is 3. The van der Waals surface area contributed by atoms with Crippen LogP contribution in [0.4, 0.5) is 0 Å². The Morgan fingerprint density at radius 2 is 1.69 bits per heavy atom. The highest BCUT2D eigenvalue weighted by Gasteiger charge is 2.26. The Labute approximate surface area is 176 Å². The van der Waals surface area contributed by atoms with Gasteiger partial charge in [-0.1, -0.05) is 37.3 Å². The molecule has 29 heavy (non-hydrogen) atoms. The van der Waals surface area contributed by atoms with Crippen molar-refractivity contribution in [3.05, 3.63) is 71.3 Å². The van der Waals surface area contributed by atoms with E-state index in [4.69, 9.17) is 0 Å². The van der Waals surface area contributed by atoms with Gasteiger partial charge in [0, 0.05) is 44.8 Å². The minimum absolute atomic E-state index is 0.110. The lowest BCUT2D eigenvalue weighted by molar-refractivity contribution is 0.0773. The predicted molar refractivity (Wildman–Crippen MR) is 119 cm³/mol. The van der Waals surface area contributed by atoms with Crippen molar-refractivity contribution in [2.75, 3.05) is 45.8 Å². The first kappa shape index (κ1) is 21.5. The van der Waals surface area contributed by atoms with Gasteiger partial charge in [-0.2, -0.15) is 0 Å². The highest BCUT2D eigenvalue weighted by molar-refractivity contribution is 5.94. The first-order valence-corrected chi connectivity index (χ1v) is 11.0. The van der Waals surface area contributed by atoms with Crippen LogP contribution in [0.3, 0.4) is 0 Å². The number of piperazine rings is 1. The van der Waals surface area contributed by atoms with E-state index in [-0.39, 0.29) is 11.9 Å². The van der Waals surface area contributed by atoms with Crippen LogP contribution in [0.1, 0.15) is 54.7 Å². The molecule has 2 aromatic carbocycles. The molecule has 155 valence electrons. The van der Waals surface area contributed by atoms with Gasteiger partial charge in [-0.3, -0.25) is 9.69 Å². The van der Waals surface area contributed by atoms with Crippen LogP contribution >= 0.6 is 0 Å². The third-order valence-electron chi connectivity index (χ3n) is 5.88. The lowest BCUT2D eigenvalue weighted by Crippen LogP contribution is -2.47. The van der Waals surface area contributed by atoms with E-state index in [1.54, 1.807) is 0 Å². The summed E-state index contributed by atoms with van der Waals surface area (Å²) < 4.78 is 0. The molecule has 3 rings (SSSR count). The maximum Gasteiger partial charge on any atom is 0.253 e. The zero-order valence-corrected chi connectivity index (χ0v) is 18.1. The van der Waals surface area contributed by atoms with Crippen molar-refractivity contribution in [2.24, 2.45) is 0 Å². The maximum absolute atomic E-state index is 12.7. The molecular weight excluding hydrogens is 358 g/mol. The van der Waals surface area contributed by atoms with Gasteiger partial charge in [0.25, 0.3) is 5.91 Å². The minimum atomic E-state index is 0.110. The van der Waals surface area contributed by atoms with Gasteiger partial charge in [0.1, 0.15) is 0 Å². The molecule has 1 aliphatic rings. The molecule has 1 amide bonds. The van der Waals surface area contributed by atoms with Gasteiger partial charge >= 0.3 is 0 Å². The summed E-state index contributed by atoms with van der Waals surface area (Å²) in [7, 11) is 0. The highest BCUT2D eigenvalue weighted by Crippen LogP contribution is 2.30. The van der Waals surface area contributed by atoms with E-state index in [1.807, 2.05) is 36.9 Å². The number of rotatable bonds is 8. The number of carbonyl (C=O) groups is 1. The lowest BCUT2D eigenvalue weighted by Gasteiger charge is -2.39. The first-order valence-electron chi connectivity index (χ1n) is 11.0. The standard InChI is InChI=1S/C25H34N3O/c1-4-16-26-17-19-28(20-18-26)24(21-10-8-7-9-11-21)22-12-14-23(15-13-22)25(29)27(5-2)6-3/h7-8,10-15,24H,4-6,16-20H2,1-3H3/t24-/m1/s1. The van der Waals surface area contributed by atoms with E-state index in [1.165, 1.54) is 24.1 Å². The normalized spacial score (nSPS) is 16.5. The summed E-state index contributed by atoms with van der Waals surface area (Å²) in [6.45, 7) is 13.3. The van der Waals surface area contributed by atoms with Gasteiger partial charge in [0.05, 0.1) is 6.04 Å². The van der Waals surface area contributed by atoms with Gasteiger partial charge in [-0.05, 0) is 62.2 Å². The monoisotopic (exact) mass is 392 g/mol. The summed E-state index contributed by atoms with van der Waals surface area (Å²) in [5.74, 6) is 0.110. The summed E-state index contributed by atoms with van der Waals surface area (Å²) in [6.07, 6.45) is 1.21. The maximum atomic E-state index is 12.7. The molecule has 0 N–H and O–H groups in total. The van der Waals surface area contributed by atoms with Crippen molar-refractivity contribution >= 4 is 5.91 Å². The van der Waals surface area contributed by atoms with Gasteiger partial charge < -0.3 is 9.80 Å². The largest absolute Gasteiger partial charge is 0.339 e. The van der Waals surface area contributed by atoms with E-state index in [9.17, 15) is 4.79 Å². The SMILES string of the molecule is CCCN1CCN([C@H](c2c[c]ccc2)c2ccc(C(=O)N(CC)CC)cc2)CC1. The quantitative estimate of drug-likeness (QED) is 0.677. The van der Waals surface area contributed by atoms with Crippen LogP contribution in [-0.4, -0.2) is 66.4 Å². The van der Waals surface area contributed by atoms with Crippen LogP contribution in [0.2, 0.25) is 0 Å². The molecule has 2 aromatic rings. The fourth-order valence-corrected chi connectivity index (χ4v) is 4.25. The fraction of sp³-hybridized carbons (Fsp3) is 0.480. The Balaban J connectivity index is 1.83. The number of hydrogen-bond donors (Lipinski definition) is 0. The summed E-state index contributed by atoms with van der Waals surface area (Å²) in [5.41, 5.74) is 3.27. The Kier molecular flexibility index (Phi) is 7.84. The zero-order valence-electron chi connectivity index (χ0n) is 18.1. The molecule has 4 nitrogen and oxygen atoms in total. The molecular formula is C25H34N3O. The van der Waals surface area contributed by atoms with Crippen LogP contribution in [0, 0.1) is 6.07 Å². The van der Waals surface area contributed by atoms with Crippen molar-refractivity contribution in [1.29, 1.82) is 0 Å². The van der Waals surface area contributed by atoms with E-state index < -0.39 is 0 Å². The third-order valence-corrected chi connectivity index (χ3v) is 5.88. The van der Waals surface area contributed by atoms with Crippen LogP contribution < -0.4 is 0 Å². The third kappa shape index (κ3) is 5.26. The Morgan fingerprint density at radius 1 is 1.00 bits per heavy atom. The molecule has 1 heterocycles. The smallest absolute Gasteiger partial charge is 0.253 e. The second-order valence-electron chi connectivity index (χ2n) is 7.72. The van der Waals surface area contributed by atoms with E-state index in [0.29, 0.717) is 0 Å². The molecule has 0 aromatic heterocycles. The number of nitrogens with zero attached hydrogens (tertiary/aromatic N) is 3. The molecule has 1 fully saturated rings. The van der Waals surface area contributed by atoms with Crippen molar-refractivity contribution in [2.45, 2.75) is 33.2 Å². The second-order valence-corrected chi connectivity index (χ2v) is 7.72. The Hall–Kier alpha value is -2.17. The number of benzene rings is 2. The average Bonchev–Trinajstić information content (AvgIpc) is 2.77. The van der Waals surface area contributed by atoms with E-state index in [0.717, 1.165) is 44.8 Å². The molecule has 4 heteroatoms. The van der Waals surface area contributed by atoms with Gasteiger partial charge in [0.2, 0.25) is 0 Å². The summed E-state index contributed by atoms with van der Waals surface area (Å²) >= 11 is 0. The van der Waals surface area contributed by atoms with Crippen molar-refractivity contribution < 1.29 is 4.79 Å². The molecule has 0 bridgehead atoms. The topological polar surface area (TPSA) is 26.8 Å². The molecule has 1 radical (unpaired) electrons. The van der Waals surface area contributed by atoms with Crippen LogP contribution in [0.25, 0.3) is 0 Å². The van der Waals surface area contributed by atoms with Crippen molar-refractivity contribution in [3.8, 4) is 0 Å². The average molecular weight is 393 g/mol. The predicted octanol–water partition coefficient (Wildman–Crippen LogP) is 4.09. The Morgan fingerprint density at radius 3 is 2.24 bits per heavy atom. The molecule has 0 unspecified atom stereocenters. The van der Waals surface area contributed by atoms with Gasteiger partial charge in [-0.25, -0.2) is 0 Å². The molecule has 1 atom stereocenters. The van der Waals surface area contributed by atoms with Crippen LogP contribution in [0.5, 0.6) is 0 Å². The second kappa shape index (κ2) is 10.6. The molecule has 1 aliphatic heterocycles. The van der Waals surface area contributed by atoms with Crippen LogP contribution in [0.15, 0.2) is 48.5 Å². The highest BCUT2D eigenvalue weighted by atomic mass is 16.2. The zero-order chi connectivity index (χ0) is 20.6. The van der Waals surface area contributed by atoms with Crippen LogP contribution in [-0.2, 0) is 0 Å². The first-order chi connectivity index (χ1) is 14.2. The number of amides is 1. The molecule has 0 saturated carbocycles. The number of carbonyl (C=O) groups excluding carboxylic acids is 1. The fourth-order valence-electron chi connectivity index (χ4n) is 4.25. The van der Waals surface area contributed by atoms with Gasteiger partial charge in [0.15, 0.2) is 0 Å². The Bertz CT molecular complexity index is 747. The summed E-state index contributed by atoms with van der Waals surface area (Å²) in [5, 5.41) is 0. The van der Waals surface area contributed by atoms with E-state index >= 15 is 0 Å². The molecule has 1 saturated heterocycles. The molecule has 0 spiro atoms. The summed E-state index contributed by atoms with van der Waals surface area (Å²) in [6, 6.07) is 20.0. The van der Waals surface area contributed by atoms with Crippen molar-refractivity contribution in [1.82, 2.24) is 14.7 Å². The molecule has 0 aliphatic carbocycles. The van der Waals surface area contributed by atoms with Crippen molar-refractivity contribution in [3.63, 3.8) is 0 Å². The van der Waals surface area contributed by atoms with Gasteiger partial charge in [-0.15, -0.1) is 0 Å². The lowest BCUT2D eigenvalue weighted by atomic mass is 9.95. The van der Waals surface area contributed by atoms with E-state index in [2.05, 4.69) is 53.1 Å².